The standard InChI is InChI=1S/C7H12O3/c1-7(10,4-6(8)9)5-2-3-5/h5,10H,2-4H2,1H3,(H,8,9). The second-order valence-corrected chi connectivity index (χ2v) is 3.20. The minimum absolute atomic E-state index is 0.127. The van der Waals surface area contributed by atoms with E-state index in [0.29, 0.717) is 0 Å². The molecule has 1 fully saturated rings. The first-order valence-corrected chi connectivity index (χ1v) is 3.46. The first-order valence-electron chi connectivity index (χ1n) is 3.46. The fourth-order valence-electron chi connectivity index (χ4n) is 1.16. The SMILES string of the molecule is CC(O)(CC(=O)O)C1CC1. The smallest absolute Gasteiger partial charge is 0.306 e. The Labute approximate surface area is 59.7 Å². The normalized spacial score (nSPS) is 23.8. The fourth-order valence-corrected chi connectivity index (χ4v) is 1.16. The first kappa shape index (κ1) is 7.54. The van der Waals surface area contributed by atoms with Gasteiger partial charge in [0.25, 0.3) is 0 Å². The summed E-state index contributed by atoms with van der Waals surface area (Å²) in [5.74, 6) is -0.694. The number of carbonyl (C=O) groups is 1. The van der Waals surface area contributed by atoms with Crippen LogP contribution in [0.3, 0.4) is 0 Å². The molecule has 0 saturated heterocycles. The Morgan fingerprint density at radius 2 is 2.20 bits per heavy atom. The molecule has 0 heterocycles. The molecule has 1 aliphatic rings. The number of aliphatic carboxylic acids is 1. The van der Waals surface area contributed by atoms with Crippen molar-refractivity contribution in [1.29, 1.82) is 0 Å². The van der Waals surface area contributed by atoms with E-state index in [1.807, 2.05) is 0 Å². The van der Waals surface area contributed by atoms with E-state index >= 15 is 0 Å². The fraction of sp³-hybridized carbons (Fsp3) is 0.857. The van der Waals surface area contributed by atoms with Crippen molar-refractivity contribution in [3.63, 3.8) is 0 Å². The highest BCUT2D eigenvalue weighted by molar-refractivity contribution is 5.68. The summed E-state index contributed by atoms with van der Waals surface area (Å²) in [6.45, 7) is 1.60. The molecule has 0 aromatic rings. The van der Waals surface area contributed by atoms with E-state index < -0.39 is 11.6 Å². The van der Waals surface area contributed by atoms with Gasteiger partial charge in [0.2, 0.25) is 0 Å². The van der Waals surface area contributed by atoms with Gasteiger partial charge in [-0.25, -0.2) is 0 Å². The molecule has 0 aliphatic heterocycles. The predicted octanol–water partition coefficient (Wildman–Crippen LogP) is 0.622. The zero-order chi connectivity index (χ0) is 7.78. The molecule has 1 saturated carbocycles. The summed E-state index contributed by atoms with van der Waals surface area (Å²) in [5, 5.41) is 17.8. The molecule has 0 spiro atoms. The molecule has 1 rings (SSSR count). The highest BCUT2D eigenvalue weighted by Crippen LogP contribution is 2.41. The van der Waals surface area contributed by atoms with Gasteiger partial charge in [0.1, 0.15) is 0 Å². The summed E-state index contributed by atoms with van der Waals surface area (Å²) in [6, 6.07) is 0. The number of rotatable bonds is 3. The first-order chi connectivity index (χ1) is 4.52. The Bertz CT molecular complexity index is 147. The van der Waals surface area contributed by atoms with Gasteiger partial charge < -0.3 is 10.2 Å². The maximum absolute atomic E-state index is 10.2. The average molecular weight is 144 g/mol. The van der Waals surface area contributed by atoms with Crippen molar-refractivity contribution in [3.05, 3.63) is 0 Å². The molecule has 3 nitrogen and oxygen atoms in total. The molecule has 2 N–H and O–H groups in total. The summed E-state index contributed by atoms with van der Waals surface area (Å²) in [7, 11) is 0. The van der Waals surface area contributed by atoms with Crippen LogP contribution in [0.4, 0.5) is 0 Å². The maximum atomic E-state index is 10.2. The number of aliphatic hydroxyl groups is 1. The van der Waals surface area contributed by atoms with Gasteiger partial charge in [0, 0.05) is 0 Å². The lowest BCUT2D eigenvalue weighted by Crippen LogP contribution is -2.30. The Hall–Kier alpha value is -0.570. The van der Waals surface area contributed by atoms with Crippen molar-refractivity contribution >= 4 is 5.97 Å². The zero-order valence-corrected chi connectivity index (χ0v) is 6.00. The number of hydrogen-bond donors (Lipinski definition) is 2. The van der Waals surface area contributed by atoms with Crippen LogP contribution in [0.1, 0.15) is 26.2 Å². The Kier molecular flexibility index (Phi) is 1.68. The van der Waals surface area contributed by atoms with Crippen LogP contribution in [-0.2, 0) is 4.79 Å². The highest BCUT2D eigenvalue weighted by atomic mass is 16.4. The summed E-state index contributed by atoms with van der Waals surface area (Å²) >= 11 is 0. The Balaban J connectivity index is 2.41. The van der Waals surface area contributed by atoms with Crippen LogP contribution in [0.2, 0.25) is 0 Å². The van der Waals surface area contributed by atoms with Gasteiger partial charge in [0.05, 0.1) is 12.0 Å². The quantitative estimate of drug-likeness (QED) is 0.610. The number of carboxylic acid groups (broad SMARTS) is 1. The maximum Gasteiger partial charge on any atom is 0.306 e. The molecule has 10 heavy (non-hydrogen) atoms. The van der Waals surface area contributed by atoms with E-state index in [1.165, 1.54) is 0 Å². The molecule has 1 atom stereocenters. The highest BCUT2D eigenvalue weighted by Gasteiger charge is 2.41. The van der Waals surface area contributed by atoms with Crippen LogP contribution in [-0.4, -0.2) is 21.8 Å². The van der Waals surface area contributed by atoms with E-state index in [1.54, 1.807) is 6.92 Å². The largest absolute Gasteiger partial charge is 0.481 e. The van der Waals surface area contributed by atoms with Crippen LogP contribution in [0, 0.1) is 5.92 Å². The van der Waals surface area contributed by atoms with Crippen molar-refractivity contribution in [2.24, 2.45) is 5.92 Å². The summed E-state index contributed by atoms with van der Waals surface area (Å²) in [5.41, 5.74) is -0.966. The van der Waals surface area contributed by atoms with Crippen molar-refractivity contribution < 1.29 is 15.0 Å². The van der Waals surface area contributed by atoms with Crippen LogP contribution in [0.25, 0.3) is 0 Å². The lowest BCUT2D eigenvalue weighted by Gasteiger charge is -2.19. The topological polar surface area (TPSA) is 57.5 Å². The molecule has 0 radical (unpaired) electrons. The summed E-state index contributed by atoms with van der Waals surface area (Å²) < 4.78 is 0. The van der Waals surface area contributed by atoms with Crippen molar-refractivity contribution in [2.75, 3.05) is 0 Å². The van der Waals surface area contributed by atoms with Gasteiger partial charge in [-0.15, -0.1) is 0 Å². The van der Waals surface area contributed by atoms with Crippen LogP contribution < -0.4 is 0 Å². The van der Waals surface area contributed by atoms with Gasteiger partial charge >= 0.3 is 5.97 Å². The van der Waals surface area contributed by atoms with Gasteiger partial charge in [-0.2, -0.15) is 0 Å². The van der Waals surface area contributed by atoms with Crippen molar-refractivity contribution in [3.8, 4) is 0 Å². The third kappa shape index (κ3) is 1.70. The van der Waals surface area contributed by atoms with E-state index in [-0.39, 0.29) is 12.3 Å². The minimum Gasteiger partial charge on any atom is -0.481 e. The van der Waals surface area contributed by atoms with E-state index in [2.05, 4.69) is 0 Å². The Morgan fingerprint density at radius 1 is 1.70 bits per heavy atom. The molecule has 3 heteroatoms. The van der Waals surface area contributed by atoms with Gasteiger partial charge in [0.15, 0.2) is 0 Å². The third-order valence-electron chi connectivity index (χ3n) is 1.97. The second kappa shape index (κ2) is 2.23. The molecule has 0 bridgehead atoms. The van der Waals surface area contributed by atoms with Gasteiger partial charge in [-0.05, 0) is 25.7 Å². The lowest BCUT2D eigenvalue weighted by atomic mass is 9.97. The minimum atomic E-state index is -0.966. The van der Waals surface area contributed by atoms with Crippen LogP contribution in [0.5, 0.6) is 0 Å². The Morgan fingerprint density at radius 3 is 2.50 bits per heavy atom. The van der Waals surface area contributed by atoms with E-state index in [4.69, 9.17) is 5.11 Å². The molecular formula is C7H12O3. The van der Waals surface area contributed by atoms with Crippen molar-refractivity contribution in [1.82, 2.24) is 0 Å². The summed E-state index contributed by atoms with van der Waals surface area (Å²) in [4.78, 5) is 10.2. The number of carboxylic acids is 1. The number of hydrogen-bond acceptors (Lipinski definition) is 2. The third-order valence-corrected chi connectivity index (χ3v) is 1.97. The molecule has 0 aromatic heterocycles. The predicted molar refractivity (Wildman–Crippen MR) is 35.6 cm³/mol. The van der Waals surface area contributed by atoms with Crippen LogP contribution >= 0.6 is 0 Å². The molecule has 1 unspecified atom stereocenters. The lowest BCUT2D eigenvalue weighted by molar-refractivity contribution is -0.142. The average Bonchev–Trinajstić information content (AvgIpc) is 2.35. The second-order valence-electron chi connectivity index (χ2n) is 3.20. The van der Waals surface area contributed by atoms with Gasteiger partial charge in [-0.1, -0.05) is 0 Å². The zero-order valence-electron chi connectivity index (χ0n) is 6.00. The van der Waals surface area contributed by atoms with Gasteiger partial charge in [-0.3, -0.25) is 4.79 Å². The summed E-state index contributed by atoms with van der Waals surface area (Å²) in [6.07, 6.45) is 1.82. The van der Waals surface area contributed by atoms with E-state index in [9.17, 15) is 9.90 Å². The molecule has 0 aromatic carbocycles. The molecule has 58 valence electrons. The molecular weight excluding hydrogens is 132 g/mol. The monoisotopic (exact) mass is 144 g/mol. The van der Waals surface area contributed by atoms with E-state index in [0.717, 1.165) is 12.8 Å². The van der Waals surface area contributed by atoms with Crippen LogP contribution in [0.15, 0.2) is 0 Å². The molecule has 0 amide bonds. The van der Waals surface area contributed by atoms with Crippen molar-refractivity contribution in [2.45, 2.75) is 31.8 Å². The molecule has 1 aliphatic carbocycles.